The number of nitrogens with zero attached hydrogens (tertiary/aromatic N) is 1. The average Bonchev–Trinajstić information content (AvgIpc) is 2.41. The minimum Gasteiger partial charge on any atom is -0.366 e. The van der Waals surface area contributed by atoms with E-state index >= 15 is 0 Å². The van der Waals surface area contributed by atoms with Gasteiger partial charge in [0.05, 0.1) is 12.2 Å². The molecule has 2 heteroatoms. The van der Waals surface area contributed by atoms with E-state index in [0.717, 1.165) is 5.69 Å². The highest BCUT2D eigenvalue weighted by Crippen LogP contribution is 2.41. The van der Waals surface area contributed by atoms with Crippen molar-refractivity contribution in [3.8, 4) is 0 Å². The van der Waals surface area contributed by atoms with Gasteiger partial charge in [0.25, 0.3) is 0 Å². The maximum atomic E-state index is 6.27. The molecule has 0 N–H and O–H groups in total. The summed E-state index contributed by atoms with van der Waals surface area (Å²) in [4.78, 5) is 4.67. The van der Waals surface area contributed by atoms with Crippen molar-refractivity contribution in [1.29, 1.82) is 0 Å². The van der Waals surface area contributed by atoms with Gasteiger partial charge in [0.15, 0.2) is 0 Å². The van der Waals surface area contributed by atoms with Gasteiger partial charge in [-0.2, -0.15) is 0 Å². The van der Waals surface area contributed by atoms with Gasteiger partial charge in [-0.25, -0.2) is 0 Å². The third-order valence-corrected chi connectivity index (χ3v) is 4.96. The zero-order valence-corrected chi connectivity index (χ0v) is 15.4. The van der Waals surface area contributed by atoms with E-state index in [1.54, 1.807) is 0 Å². The van der Waals surface area contributed by atoms with Gasteiger partial charge in [0.1, 0.15) is 0 Å². The van der Waals surface area contributed by atoms with Gasteiger partial charge < -0.3 is 4.74 Å². The van der Waals surface area contributed by atoms with E-state index in [0.29, 0.717) is 17.8 Å². The van der Waals surface area contributed by atoms with Crippen molar-refractivity contribution in [2.75, 3.05) is 0 Å². The maximum absolute atomic E-state index is 6.27. The molecule has 1 aromatic rings. The second-order valence-corrected chi connectivity index (χ2v) is 7.38. The minimum absolute atomic E-state index is 0.0844. The first kappa shape index (κ1) is 17.2. The number of fused-ring (bicyclic) bond motifs is 1. The lowest BCUT2D eigenvalue weighted by Crippen LogP contribution is -2.23. The smallest absolute Gasteiger partial charge is 0.0825 e. The van der Waals surface area contributed by atoms with Gasteiger partial charge in [-0.1, -0.05) is 33.8 Å². The predicted molar refractivity (Wildman–Crippen MR) is 93.4 cm³/mol. The molecule has 0 aromatic carbocycles. The molecule has 2 rings (SSSR count). The van der Waals surface area contributed by atoms with Gasteiger partial charge in [0.2, 0.25) is 0 Å². The minimum atomic E-state index is 0.0844. The number of ether oxygens (including phenoxy) is 1. The lowest BCUT2D eigenvalue weighted by molar-refractivity contribution is 0.0242. The zero-order valence-electron chi connectivity index (χ0n) is 15.4. The fraction of sp³-hybridized carbons (Fsp3) is 0.650. The van der Waals surface area contributed by atoms with Crippen molar-refractivity contribution in [3.05, 3.63) is 40.2 Å². The number of aryl methyl sites for hydroxylation is 1. The van der Waals surface area contributed by atoms with Crippen molar-refractivity contribution in [3.63, 3.8) is 0 Å². The second-order valence-electron chi connectivity index (χ2n) is 7.38. The molecule has 0 saturated carbocycles. The number of pyridine rings is 1. The van der Waals surface area contributed by atoms with E-state index in [-0.39, 0.29) is 12.2 Å². The summed E-state index contributed by atoms with van der Waals surface area (Å²) in [6, 6.07) is 0. The molecule has 2 heterocycles. The Bertz CT molecular complexity index is 571. The van der Waals surface area contributed by atoms with E-state index in [2.05, 4.69) is 72.6 Å². The molecule has 1 aliphatic rings. The predicted octanol–water partition coefficient (Wildman–Crippen LogP) is 5.68. The lowest BCUT2D eigenvalue weighted by Gasteiger charge is -2.33. The van der Waals surface area contributed by atoms with Crippen LogP contribution in [0.5, 0.6) is 0 Å². The van der Waals surface area contributed by atoms with Gasteiger partial charge in [-0.3, -0.25) is 4.98 Å². The van der Waals surface area contributed by atoms with Gasteiger partial charge in [-0.15, -0.1) is 0 Å². The molecule has 2 nitrogen and oxygen atoms in total. The van der Waals surface area contributed by atoms with Crippen molar-refractivity contribution < 1.29 is 4.74 Å². The van der Waals surface area contributed by atoms with Crippen LogP contribution in [0.15, 0.2) is 17.8 Å². The van der Waals surface area contributed by atoms with Gasteiger partial charge in [0, 0.05) is 23.4 Å². The van der Waals surface area contributed by atoms with E-state index in [4.69, 9.17) is 4.74 Å². The summed E-state index contributed by atoms with van der Waals surface area (Å²) in [5, 5.41) is 0. The van der Waals surface area contributed by atoms with E-state index < -0.39 is 0 Å². The SMILES string of the molecule is C/C1=C/C(C(C)C)c2c(C(C)C)cnc(C)c2[C@H](C)O[C@@H]1C. The van der Waals surface area contributed by atoms with Crippen molar-refractivity contribution in [2.45, 2.75) is 79.4 Å². The molecule has 22 heavy (non-hydrogen) atoms. The topological polar surface area (TPSA) is 22.1 Å². The number of rotatable bonds is 2. The third kappa shape index (κ3) is 3.12. The third-order valence-electron chi connectivity index (χ3n) is 4.96. The monoisotopic (exact) mass is 301 g/mol. The average molecular weight is 301 g/mol. The molecule has 122 valence electrons. The van der Waals surface area contributed by atoms with Crippen LogP contribution < -0.4 is 0 Å². The molecule has 0 aliphatic carbocycles. The summed E-state index contributed by atoms with van der Waals surface area (Å²) in [7, 11) is 0. The molecule has 1 aromatic heterocycles. The summed E-state index contributed by atoms with van der Waals surface area (Å²) >= 11 is 0. The van der Waals surface area contributed by atoms with Crippen LogP contribution in [0.3, 0.4) is 0 Å². The Morgan fingerprint density at radius 2 is 1.64 bits per heavy atom. The van der Waals surface area contributed by atoms with Crippen LogP contribution in [0.25, 0.3) is 0 Å². The summed E-state index contributed by atoms with van der Waals surface area (Å²) < 4.78 is 6.27. The van der Waals surface area contributed by atoms with Gasteiger partial charge >= 0.3 is 0 Å². The lowest BCUT2D eigenvalue weighted by atomic mass is 9.77. The Kier molecular flexibility index (Phi) is 5.11. The largest absolute Gasteiger partial charge is 0.366 e. The Balaban J connectivity index is 2.78. The molecule has 3 atom stereocenters. The number of hydrogen-bond donors (Lipinski definition) is 0. The molecule has 0 amide bonds. The van der Waals surface area contributed by atoms with E-state index in [1.807, 2.05) is 0 Å². The molecular weight excluding hydrogens is 270 g/mol. The summed E-state index contributed by atoms with van der Waals surface area (Å²) in [6.45, 7) is 17.8. The highest BCUT2D eigenvalue weighted by molar-refractivity contribution is 5.45. The Hall–Kier alpha value is -1.15. The number of allylic oxidation sites excluding steroid dienone is 1. The molecular formula is C20H31NO. The molecule has 1 aliphatic heterocycles. The van der Waals surface area contributed by atoms with Crippen LogP contribution in [-0.4, -0.2) is 11.1 Å². The second kappa shape index (κ2) is 6.54. The molecule has 0 fully saturated rings. The number of aromatic nitrogens is 1. The van der Waals surface area contributed by atoms with Crippen LogP contribution in [-0.2, 0) is 4.74 Å². The first-order chi connectivity index (χ1) is 10.2. The highest BCUT2D eigenvalue weighted by Gasteiger charge is 2.29. The van der Waals surface area contributed by atoms with Crippen LogP contribution in [0.1, 0.15) is 88.8 Å². The van der Waals surface area contributed by atoms with Crippen LogP contribution in [0.4, 0.5) is 0 Å². The Morgan fingerprint density at radius 3 is 2.18 bits per heavy atom. The molecule has 0 spiro atoms. The molecule has 0 radical (unpaired) electrons. The van der Waals surface area contributed by atoms with Crippen molar-refractivity contribution in [1.82, 2.24) is 4.98 Å². The van der Waals surface area contributed by atoms with Gasteiger partial charge in [-0.05, 0) is 56.2 Å². The van der Waals surface area contributed by atoms with E-state index in [9.17, 15) is 0 Å². The molecule has 0 saturated heterocycles. The summed E-state index contributed by atoms with van der Waals surface area (Å²) in [5.74, 6) is 1.47. The highest BCUT2D eigenvalue weighted by atomic mass is 16.5. The fourth-order valence-corrected chi connectivity index (χ4v) is 3.51. The fourth-order valence-electron chi connectivity index (χ4n) is 3.51. The first-order valence-electron chi connectivity index (χ1n) is 8.57. The summed E-state index contributed by atoms with van der Waals surface area (Å²) in [6.07, 6.45) is 4.74. The molecule has 1 unspecified atom stereocenters. The van der Waals surface area contributed by atoms with Crippen molar-refractivity contribution in [2.24, 2.45) is 5.92 Å². The zero-order chi connectivity index (χ0) is 16.6. The first-order valence-corrected chi connectivity index (χ1v) is 8.57. The molecule has 0 bridgehead atoms. The van der Waals surface area contributed by atoms with Crippen LogP contribution >= 0.6 is 0 Å². The normalized spacial score (nSPS) is 28.1. The van der Waals surface area contributed by atoms with Crippen molar-refractivity contribution >= 4 is 0 Å². The standard InChI is InChI=1S/C20H31NO/c1-11(2)17-9-13(5)15(7)22-16(8)19-14(6)21-10-18(12(3)4)20(17)19/h9-12,15-17H,1-8H3/b13-9-/t15-,16+,17?/m1/s1. The summed E-state index contributed by atoms with van der Waals surface area (Å²) in [5.41, 5.74) is 6.57. The van der Waals surface area contributed by atoms with E-state index in [1.165, 1.54) is 22.3 Å². The maximum Gasteiger partial charge on any atom is 0.0825 e. The Morgan fingerprint density at radius 1 is 1.00 bits per heavy atom. The van der Waals surface area contributed by atoms with Crippen LogP contribution in [0.2, 0.25) is 0 Å². The quantitative estimate of drug-likeness (QED) is 0.656. The van der Waals surface area contributed by atoms with Crippen LogP contribution in [0, 0.1) is 12.8 Å². The Labute approximate surface area is 136 Å². The number of hydrogen-bond acceptors (Lipinski definition) is 2.